The van der Waals surface area contributed by atoms with E-state index in [1.54, 1.807) is 0 Å². The van der Waals surface area contributed by atoms with Gasteiger partial charge in [0.15, 0.2) is 5.82 Å². The molecule has 0 aliphatic heterocycles. The van der Waals surface area contributed by atoms with E-state index in [2.05, 4.69) is 59.2 Å². The van der Waals surface area contributed by atoms with Crippen LogP contribution in [0.15, 0.2) is 23.0 Å². The van der Waals surface area contributed by atoms with Gasteiger partial charge in [0.05, 0.1) is 23.7 Å². The number of aryl methyl sites for hydroxylation is 2. The van der Waals surface area contributed by atoms with Crippen LogP contribution in [-0.2, 0) is 12.1 Å². The smallest absolute Gasteiger partial charge is 0.252 e. The summed E-state index contributed by atoms with van der Waals surface area (Å²) in [5.41, 5.74) is 3.46. The Morgan fingerprint density at radius 3 is 2.66 bits per heavy atom. The lowest BCUT2D eigenvalue weighted by atomic mass is 10.0. The maximum Gasteiger partial charge on any atom is 0.252 e. The summed E-state index contributed by atoms with van der Waals surface area (Å²) < 4.78 is 1.90. The van der Waals surface area contributed by atoms with Gasteiger partial charge in [-0.3, -0.25) is 9.69 Å². The first-order valence-corrected chi connectivity index (χ1v) is 11.5. The third kappa shape index (κ3) is 4.76. The quantitative estimate of drug-likeness (QED) is 0.500. The predicted molar refractivity (Wildman–Crippen MR) is 127 cm³/mol. The number of hydrogen-bond donors (Lipinski definition) is 2. The predicted octanol–water partition coefficient (Wildman–Crippen LogP) is 3.61. The number of nitrogens with one attached hydrogen (secondary N) is 1. The van der Waals surface area contributed by atoms with Crippen molar-refractivity contribution in [3.8, 4) is 0 Å². The second kappa shape index (κ2) is 9.92. The number of pyridine rings is 1. The molecule has 3 rings (SSSR count). The number of aromatic amines is 1. The minimum absolute atomic E-state index is 0.0112. The van der Waals surface area contributed by atoms with Gasteiger partial charge in [0.1, 0.15) is 0 Å². The van der Waals surface area contributed by atoms with Crippen molar-refractivity contribution in [2.24, 2.45) is 0 Å². The van der Waals surface area contributed by atoms with Crippen LogP contribution in [0.5, 0.6) is 0 Å². The Morgan fingerprint density at radius 2 is 2.00 bits per heavy atom. The third-order valence-electron chi connectivity index (χ3n) is 6.62. The lowest BCUT2D eigenvalue weighted by Gasteiger charge is -2.33. The zero-order chi connectivity index (χ0) is 23.5. The largest absolute Gasteiger partial charge is 0.395 e. The molecular formula is C24H36N6O2. The van der Waals surface area contributed by atoms with Crippen molar-refractivity contribution in [2.45, 2.75) is 78.9 Å². The average molecular weight is 441 g/mol. The maximum atomic E-state index is 13.0. The zero-order valence-corrected chi connectivity index (χ0v) is 20.1. The van der Waals surface area contributed by atoms with E-state index in [0.29, 0.717) is 18.7 Å². The molecule has 2 heterocycles. The maximum absolute atomic E-state index is 13.0. The number of benzene rings is 1. The van der Waals surface area contributed by atoms with Crippen molar-refractivity contribution in [1.29, 1.82) is 0 Å². The van der Waals surface area contributed by atoms with Gasteiger partial charge in [-0.15, -0.1) is 5.10 Å². The van der Waals surface area contributed by atoms with E-state index >= 15 is 0 Å². The van der Waals surface area contributed by atoms with E-state index in [-0.39, 0.29) is 23.7 Å². The summed E-state index contributed by atoms with van der Waals surface area (Å²) in [6.45, 7) is 13.4. The van der Waals surface area contributed by atoms with E-state index in [0.717, 1.165) is 47.1 Å². The number of rotatable bonds is 10. The molecule has 1 aromatic carbocycles. The lowest BCUT2D eigenvalue weighted by molar-refractivity contribution is 0.122. The molecule has 0 radical (unpaired) electrons. The average Bonchev–Trinajstić information content (AvgIpc) is 3.26. The molecule has 2 N–H and O–H groups in total. The lowest BCUT2D eigenvalue weighted by Crippen LogP contribution is -2.37. The topological polar surface area (TPSA) is 99.9 Å². The number of nitrogens with zero attached hydrogens (tertiary/aromatic N) is 5. The Balaban J connectivity index is 2.03. The first-order chi connectivity index (χ1) is 15.2. The Morgan fingerprint density at radius 1 is 1.25 bits per heavy atom. The van der Waals surface area contributed by atoms with Gasteiger partial charge in [-0.2, -0.15) is 0 Å². The minimum Gasteiger partial charge on any atom is -0.395 e. The van der Waals surface area contributed by atoms with Crippen LogP contribution in [0.4, 0.5) is 0 Å². The number of fused-ring (bicyclic) bond motifs is 1. The standard InChI is InChI=1S/C24H36N6O2/c1-7-9-20(22-26-27-28-30(22)24(5,6)8-2)29(12-13-31)15-19-14-18-11-10-16(3)17(4)21(18)25-23(19)32/h10-11,14,20,31H,7-9,12-13,15H2,1-6H3,(H,25,32)/t20-/m0/s1. The highest BCUT2D eigenvalue weighted by Crippen LogP contribution is 2.30. The van der Waals surface area contributed by atoms with E-state index in [1.807, 2.05) is 30.7 Å². The molecule has 0 amide bonds. The van der Waals surface area contributed by atoms with Crippen molar-refractivity contribution in [3.05, 3.63) is 51.1 Å². The second-order valence-electron chi connectivity index (χ2n) is 9.21. The number of H-pyrrole nitrogens is 1. The molecule has 0 unspecified atom stereocenters. The van der Waals surface area contributed by atoms with E-state index < -0.39 is 0 Å². The van der Waals surface area contributed by atoms with Crippen LogP contribution >= 0.6 is 0 Å². The molecular weight excluding hydrogens is 404 g/mol. The van der Waals surface area contributed by atoms with Crippen molar-refractivity contribution < 1.29 is 5.11 Å². The van der Waals surface area contributed by atoms with Gasteiger partial charge in [-0.1, -0.05) is 32.4 Å². The van der Waals surface area contributed by atoms with Crippen LogP contribution in [0.3, 0.4) is 0 Å². The van der Waals surface area contributed by atoms with Gasteiger partial charge in [-0.05, 0) is 73.5 Å². The molecule has 8 nitrogen and oxygen atoms in total. The van der Waals surface area contributed by atoms with Gasteiger partial charge in [0.25, 0.3) is 5.56 Å². The summed E-state index contributed by atoms with van der Waals surface area (Å²) in [7, 11) is 0. The zero-order valence-electron chi connectivity index (χ0n) is 20.1. The van der Waals surface area contributed by atoms with Crippen LogP contribution in [-0.4, -0.2) is 48.3 Å². The van der Waals surface area contributed by atoms with Crippen molar-refractivity contribution >= 4 is 10.9 Å². The van der Waals surface area contributed by atoms with Gasteiger partial charge >= 0.3 is 0 Å². The van der Waals surface area contributed by atoms with Gasteiger partial charge in [0, 0.05) is 18.7 Å². The van der Waals surface area contributed by atoms with Gasteiger partial charge in [-0.25, -0.2) is 4.68 Å². The molecule has 3 aromatic rings. The van der Waals surface area contributed by atoms with Crippen LogP contribution in [0.25, 0.3) is 10.9 Å². The number of aromatic nitrogens is 5. The van der Waals surface area contributed by atoms with Gasteiger partial charge < -0.3 is 10.1 Å². The molecule has 2 aromatic heterocycles. The Bertz CT molecular complexity index is 1120. The molecule has 8 heteroatoms. The molecule has 0 spiro atoms. The number of tetrazole rings is 1. The van der Waals surface area contributed by atoms with E-state index in [1.165, 1.54) is 0 Å². The summed E-state index contributed by atoms with van der Waals surface area (Å²) in [6.07, 6.45) is 2.63. The summed E-state index contributed by atoms with van der Waals surface area (Å²) in [6, 6.07) is 5.98. The van der Waals surface area contributed by atoms with E-state index in [9.17, 15) is 9.90 Å². The first-order valence-electron chi connectivity index (χ1n) is 11.5. The molecule has 1 atom stereocenters. The normalized spacial score (nSPS) is 13.2. The molecule has 174 valence electrons. The molecule has 0 aliphatic carbocycles. The molecule has 0 bridgehead atoms. The van der Waals surface area contributed by atoms with Crippen LogP contribution in [0.2, 0.25) is 0 Å². The van der Waals surface area contributed by atoms with Gasteiger partial charge in [0.2, 0.25) is 0 Å². The fraction of sp³-hybridized carbons (Fsp3) is 0.583. The summed E-state index contributed by atoms with van der Waals surface area (Å²) >= 11 is 0. The monoisotopic (exact) mass is 440 g/mol. The molecule has 32 heavy (non-hydrogen) atoms. The van der Waals surface area contributed by atoms with E-state index in [4.69, 9.17) is 0 Å². The Kier molecular flexibility index (Phi) is 7.46. The summed E-state index contributed by atoms with van der Waals surface area (Å²) in [5.74, 6) is 0.774. The Hall–Kier alpha value is -2.58. The molecule has 0 saturated carbocycles. The summed E-state index contributed by atoms with van der Waals surface area (Å²) in [5, 5.41) is 23.5. The van der Waals surface area contributed by atoms with Crippen LogP contribution in [0.1, 0.15) is 75.5 Å². The molecule has 0 fully saturated rings. The van der Waals surface area contributed by atoms with Crippen LogP contribution < -0.4 is 5.56 Å². The molecule has 0 saturated heterocycles. The fourth-order valence-electron chi connectivity index (χ4n) is 4.11. The fourth-order valence-corrected chi connectivity index (χ4v) is 4.11. The van der Waals surface area contributed by atoms with Crippen molar-refractivity contribution in [3.63, 3.8) is 0 Å². The summed E-state index contributed by atoms with van der Waals surface area (Å²) in [4.78, 5) is 18.2. The molecule has 0 aliphatic rings. The third-order valence-corrected chi connectivity index (χ3v) is 6.62. The van der Waals surface area contributed by atoms with Crippen LogP contribution in [0, 0.1) is 13.8 Å². The number of hydrogen-bond acceptors (Lipinski definition) is 6. The van der Waals surface area contributed by atoms with Crippen molar-refractivity contribution in [2.75, 3.05) is 13.2 Å². The number of aliphatic hydroxyl groups is 1. The highest BCUT2D eigenvalue weighted by atomic mass is 16.3. The highest BCUT2D eigenvalue weighted by molar-refractivity contribution is 5.83. The SMILES string of the molecule is CCC[C@@H](c1nnnn1C(C)(C)CC)N(CCO)Cc1cc2ccc(C)c(C)c2[nH]c1=O. The van der Waals surface area contributed by atoms with Crippen molar-refractivity contribution in [1.82, 2.24) is 30.1 Å². The highest BCUT2D eigenvalue weighted by Gasteiger charge is 2.31. The first kappa shape index (κ1) is 24.1. The number of aliphatic hydroxyl groups excluding tert-OH is 1. The minimum atomic E-state index is -0.231. The Labute approximate surface area is 189 Å². The second-order valence-corrected chi connectivity index (χ2v) is 9.21.